The van der Waals surface area contributed by atoms with Crippen molar-refractivity contribution in [3.8, 4) is 11.8 Å². The largest absolute Gasteiger partial charge is 0.508 e. The van der Waals surface area contributed by atoms with Gasteiger partial charge in [-0.2, -0.15) is 5.26 Å². The zero-order valence-electron chi connectivity index (χ0n) is 15.4. The first-order chi connectivity index (χ1) is 13.5. The molecule has 2 rings (SSSR count). The Labute approximate surface area is 163 Å². The van der Waals surface area contributed by atoms with Crippen LogP contribution in [0.25, 0.3) is 0 Å². The van der Waals surface area contributed by atoms with Crippen molar-refractivity contribution >= 4 is 11.9 Å². The molecule has 0 aliphatic carbocycles. The Morgan fingerprint density at radius 3 is 2.36 bits per heavy atom. The molecule has 0 unspecified atom stereocenters. The molecular formula is C21H21N3O4. The monoisotopic (exact) mass is 379 g/mol. The highest BCUT2D eigenvalue weighted by Crippen LogP contribution is 2.09. The highest BCUT2D eigenvalue weighted by molar-refractivity contribution is 5.97. The number of ether oxygens (including phenoxy) is 1. The second-order valence-electron chi connectivity index (χ2n) is 5.91. The Balaban J connectivity index is 1.81. The molecule has 7 nitrogen and oxygen atoms in total. The number of phenols is 1. The van der Waals surface area contributed by atoms with Gasteiger partial charge in [0.15, 0.2) is 0 Å². The summed E-state index contributed by atoms with van der Waals surface area (Å²) >= 11 is 0. The van der Waals surface area contributed by atoms with E-state index in [0.717, 1.165) is 11.1 Å². The zero-order valence-corrected chi connectivity index (χ0v) is 15.4. The van der Waals surface area contributed by atoms with Crippen LogP contribution in [0.4, 0.5) is 0 Å². The van der Waals surface area contributed by atoms with Crippen molar-refractivity contribution in [3.05, 3.63) is 77.0 Å². The van der Waals surface area contributed by atoms with E-state index in [1.807, 2.05) is 6.07 Å². The van der Waals surface area contributed by atoms with E-state index in [-0.39, 0.29) is 11.3 Å². The average Bonchev–Trinajstić information content (AvgIpc) is 2.72. The molecule has 0 aliphatic rings. The molecular weight excluding hydrogens is 358 g/mol. The maximum atomic E-state index is 12.1. The Hall–Kier alpha value is -3.79. The highest BCUT2D eigenvalue weighted by atomic mass is 16.5. The molecule has 144 valence electrons. The molecule has 0 heterocycles. The van der Waals surface area contributed by atoms with Crippen molar-refractivity contribution in [2.45, 2.75) is 13.0 Å². The van der Waals surface area contributed by atoms with Gasteiger partial charge in [0.05, 0.1) is 12.7 Å². The van der Waals surface area contributed by atoms with Crippen LogP contribution in [0, 0.1) is 11.3 Å². The van der Waals surface area contributed by atoms with Crippen LogP contribution >= 0.6 is 0 Å². The quantitative estimate of drug-likeness (QED) is 0.368. The van der Waals surface area contributed by atoms with E-state index in [1.165, 1.54) is 13.3 Å². The number of aromatic hydroxyl groups is 1. The summed E-state index contributed by atoms with van der Waals surface area (Å²) < 4.78 is 4.64. The fourth-order valence-corrected chi connectivity index (χ4v) is 2.37. The number of benzene rings is 2. The van der Waals surface area contributed by atoms with Crippen molar-refractivity contribution < 1.29 is 19.4 Å². The maximum Gasteiger partial charge on any atom is 0.337 e. The molecule has 0 fully saturated rings. The number of amides is 1. The van der Waals surface area contributed by atoms with Gasteiger partial charge >= 0.3 is 5.97 Å². The molecule has 3 N–H and O–H groups in total. The Morgan fingerprint density at radius 2 is 1.75 bits per heavy atom. The average molecular weight is 379 g/mol. The summed E-state index contributed by atoms with van der Waals surface area (Å²) in [4.78, 5) is 23.5. The lowest BCUT2D eigenvalue weighted by Crippen LogP contribution is -2.27. The second-order valence-corrected chi connectivity index (χ2v) is 5.91. The van der Waals surface area contributed by atoms with E-state index >= 15 is 0 Å². The first kappa shape index (κ1) is 20.5. The van der Waals surface area contributed by atoms with Crippen molar-refractivity contribution in [2.75, 3.05) is 13.7 Å². The van der Waals surface area contributed by atoms with Gasteiger partial charge in [-0.3, -0.25) is 4.79 Å². The Bertz CT molecular complexity index is 881. The van der Waals surface area contributed by atoms with Crippen molar-refractivity contribution in [1.29, 1.82) is 5.26 Å². The van der Waals surface area contributed by atoms with Gasteiger partial charge in [0.1, 0.15) is 17.4 Å². The molecule has 0 bridgehead atoms. The number of carbonyl (C=O) groups is 2. The van der Waals surface area contributed by atoms with Crippen molar-refractivity contribution in [3.63, 3.8) is 0 Å². The lowest BCUT2D eigenvalue weighted by molar-refractivity contribution is -0.117. The zero-order chi connectivity index (χ0) is 20.4. The number of carbonyl (C=O) groups excluding carboxylic acids is 2. The number of methoxy groups -OCH3 is 1. The third-order valence-electron chi connectivity index (χ3n) is 3.93. The molecule has 0 atom stereocenters. The number of nitrogens with zero attached hydrogens (tertiary/aromatic N) is 1. The van der Waals surface area contributed by atoms with Gasteiger partial charge in [-0.1, -0.05) is 24.3 Å². The standard InChI is InChI=1S/C21H21N3O4/c1-28-21(27)17-6-2-16(3-7-17)13-23-14-18(12-22)20(26)24-11-10-15-4-8-19(25)9-5-15/h2-9,14,23,25H,10-11,13H2,1H3,(H,24,26)/b18-14-. The number of nitrogens with one attached hydrogen (secondary N) is 2. The smallest absolute Gasteiger partial charge is 0.337 e. The maximum absolute atomic E-state index is 12.1. The van der Waals surface area contributed by atoms with Crippen molar-refractivity contribution in [1.82, 2.24) is 10.6 Å². The lowest BCUT2D eigenvalue weighted by atomic mass is 10.1. The molecule has 0 aliphatic heterocycles. The van der Waals surface area contributed by atoms with Crippen molar-refractivity contribution in [2.24, 2.45) is 0 Å². The third-order valence-corrected chi connectivity index (χ3v) is 3.93. The van der Waals surface area contributed by atoms with Crippen LogP contribution < -0.4 is 10.6 Å². The first-order valence-electron chi connectivity index (χ1n) is 8.60. The van der Waals surface area contributed by atoms with E-state index in [4.69, 9.17) is 5.26 Å². The van der Waals surface area contributed by atoms with Crippen LogP contribution in [-0.4, -0.2) is 30.6 Å². The van der Waals surface area contributed by atoms with Gasteiger partial charge in [0.2, 0.25) is 0 Å². The molecule has 1 amide bonds. The summed E-state index contributed by atoms with van der Waals surface area (Å²) in [5.41, 5.74) is 2.27. The fourth-order valence-electron chi connectivity index (χ4n) is 2.37. The van der Waals surface area contributed by atoms with Crippen LogP contribution in [-0.2, 0) is 22.5 Å². The van der Waals surface area contributed by atoms with Crippen LogP contribution in [0.1, 0.15) is 21.5 Å². The molecule has 0 radical (unpaired) electrons. The van der Waals surface area contributed by atoms with Crippen LogP contribution in [0.15, 0.2) is 60.3 Å². The van der Waals surface area contributed by atoms with E-state index in [0.29, 0.717) is 25.1 Å². The lowest BCUT2D eigenvalue weighted by Gasteiger charge is -2.06. The minimum absolute atomic E-state index is 0.0307. The van der Waals surface area contributed by atoms with Gasteiger partial charge in [-0.25, -0.2) is 4.79 Å². The topological polar surface area (TPSA) is 111 Å². The van der Waals surface area contributed by atoms with E-state index in [1.54, 1.807) is 48.5 Å². The second kappa shape index (κ2) is 10.4. The summed E-state index contributed by atoms with van der Waals surface area (Å²) in [6.07, 6.45) is 1.95. The minimum Gasteiger partial charge on any atom is -0.508 e. The third kappa shape index (κ3) is 6.18. The number of phenolic OH excluding ortho intramolecular Hbond substituents is 1. The molecule has 0 spiro atoms. The van der Waals surface area contributed by atoms with Gasteiger partial charge in [0.25, 0.3) is 5.91 Å². The van der Waals surface area contributed by atoms with E-state index in [9.17, 15) is 14.7 Å². The molecule has 0 aromatic heterocycles. The van der Waals surface area contributed by atoms with E-state index in [2.05, 4.69) is 15.4 Å². The van der Waals surface area contributed by atoms with Gasteiger partial charge < -0.3 is 20.5 Å². The van der Waals surface area contributed by atoms with E-state index < -0.39 is 11.9 Å². The molecule has 0 saturated heterocycles. The Kier molecular flexibility index (Phi) is 7.61. The number of hydrogen-bond acceptors (Lipinski definition) is 6. The van der Waals surface area contributed by atoms with Crippen LogP contribution in [0.2, 0.25) is 0 Å². The van der Waals surface area contributed by atoms with Gasteiger partial charge in [0, 0.05) is 19.3 Å². The van der Waals surface area contributed by atoms with Crippen LogP contribution in [0.3, 0.4) is 0 Å². The van der Waals surface area contributed by atoms with Gasteiger partial charge in [-0.15, -0.1) is 0 Å². The summed E-state index contributed by atoms with van der Waals surface area (Å²) in [5.74, 6) is -0.682. The predicted molar refractivity (Wildman–Crippen MR) is 103 cm³/mol. The fraction of sp³-hybridized carbons (Fsp3) is 0.190. The highest BCUT2D eigenvalue weighted by Gasteiger charge is 2.08. The summed E-state index contributed by atoms with van der Waals surface area (Å²) in [5, 5.41) is 24.0. The SMILES string of the molecule is COC(=O)c1ccc(CN/C=C(/C#N)C(=O)NCCc2ccc(O)cc2)cc1. The predicted octanol–water partition coefficient (Wildman–Crippen LogP) is 2.03. The number of esters is 1. The van der Waals surface area contributed by atoms with Crippen LogP contribution in [0.5, 0.6) is 5.75 Å². The number of rotatable bonds is 8. The first-order valence-corrected chi connectivity index (χ1v) is 8.60. The number of hydrogen-bond donors (Lipinski definition) is 3. The van der Waals surface area contributed by atoms with Gasteiger partial charge in [-0.05, 0) is 41.8 Å². The summed E-state index contributed by atoms with van der Waals surface area (Å²) in [6.45, 7) is 0.769. The molecule has 2 aromatic rings. The normalized spacial score (nSPS) is 10.6. The molecule has 7 heteroatoms. The Morgan fingerprint density at radius 1 is 1.11 bits per heavy atom. The summed E-state index contributed by atoms with van der Waals surface area (Å²) in [6, 6.07) is 15.4. The molecule has 2 aromatic carbocycles. The molecule has 0 saturated carbocycles. The summed E-state index contributed by atoms with van der Waals surface area (Å²) in [7, 11) is 1.32. The molecule has 28 heavy (non-hydrogen) atoms. The number of nitriles is 1. The minimum atomic E-state index is -0.463.